The van der Waals surface area contributed by atoms with E-state index in [1.54, 1.807) is 0 Å². The van der Waals surface area contributed by atoms with Gasteiger partial charge >= 0.3 is 0 Å². The summed E-state index contributed by atoms with van der Waals surface area (Å²) in [5.74, 6) is -0.391. The summed E-state index contributed by atoms with van der Waals surface area (Å²) in [4.78, 5) is 14.0. The van der Waals surface area contributed by atoms with Gasteiger partial charge in [-0.05, 0) is 12.1 Å². The van der Waals surface area contributed by atoms with Gasteiger partial charge in [0.15, 0.2) is 0 Å². The maximum absolute atomic E-state index is 10.3. The number of hydrogen-bond acceptors (Lipinski definition) is 3. The Labute approximate surface area is 57.9 Å². The van der Waals surface area contributed by atoms with Gasteiger partial charge in [0.25, 0.3) is 5.91 Å². The second-order valence-electron chi connectivity index (χ2n) is 1.80. The fourth-order valence-corrected chi connectivity index (χ4v) is 0.540. The predicted octanol–water partition coefficient (Wildman–Crippen LogP) is 0.0869. The highest BCUT2D eigenvalue weighted by Crippen LogP contribution is 1.99. The monoisotopic (exact) mass is 136 g/mol. The molecule has 1 aromatic heterocycles. The third kappa shape index (κ3) is 1.22. The zero-order chi connectivity index (χ0) is 7.56. The van der Waals surface area contributed by atoms with Crippen molar-refractivity contribution in [2.24, 2.45) is 0 Å². The van der Waals surface area contributed by atoms with Crippen LogP contribution in [0.5, 0.6) is 0 Å². The van der Waals surface area contributed by atoms with Gasteiger partial charge in [-0.2, -0.15) is 0 Å². The molecule has 0 aliphatic carbocycles. The average Bonchev–Trinajstić information content (AvgIpc) is 1.88. The molecule has 1 heterocycles. The molecule has 1 aromatic rings. The average molecular weight is 136 g/mol. The van der Waals surface area contributed by atoms with Crippen LogP contribution in [0.4, 0.5) is 5.82 Å². The molecular weight excluding hydrogens is 130 g/mol. The summed E-state index contributed by atoms with van der Waals surface area (Å²) in [6, 6.07) is 2.96. The second-order valence-corrected chi connectivity index (χ2v) is 1.80. The summed E-state index contributed by atoms with van der Waals surface area (Å²) in [6.07, 6.45) is 1.28. The van der Waals surface area contributed by atoms with Crippen LogP contribution in [-0.4, -0.2) is 10.9 Å². The lowest BCUT2D eigenvalue weighted by Gasteiger charge is -1.92. The highest BCUT2D eigenvalue weighted by molar-refractivity contribution is 5.91. The van der Waals surface area contributed by atoms with E-state index in [1.165, 1.54) is 18.3 Å². The van der Waals surface area contributed by atoms with Crippen molar-refractivity contribution in [2.75, 3.05) is 5.73 Å². The Morgan fingerprint density at radius 1 is 1.60 bits per heavy atom. The molecule has 0 saturated carbocycles. The molecule has 0 aliphatic rings. The summed E-state index contributed by atoms with van der Waals surface area (Å²) >= 11 is 0. The van der Waals surface area contributed by atoms with E-state index >= 15 is 0 Å². The second kappa shape index (κ2) is 2.34. The van der Waals surface area contributed by atoms with Gasteiger partial charge in [-0.25, -0.2) is 4.98 Å². The van der Waals surface area contributed by atoms with Gasteiger partial charge in [0.05, 0.1) is 5.56 Å². The fourth-order valence-electron chi connectivity index (χ4n) is 0.540. The highest BCUT2D eigenvalue weighted by atomic mass is 16.1. The number of nitrogens with two attached hydrogens (primary N) is 1. The van der Waals surface area contributed by atoms with E-state index in [4.69, 9.17) is 11.5 Å². The lowest BCUT2D eigenvalue weighted by molar-refractivity contribution is 0.0992. The first-order valence-electron chi connectivity index (χ1n) is 2.67. The van der Waals surface area contributed by atoms with Crippen LogP contribution < -0.4 is 11.5 Å². The van der Waals surface area contributed by atoms with E-state index in [0.717, 1.165) is 0 Å². The van der Waals surface area contributed by atoms with Crippen molar-refractivity contribution < 1.29 is 4.79 Å². The van der Waals surface area contributed by atoms with Crippen LogP contribution in [0, 0.1) is 0 Å². The molecule has 0 bridgehead atoms. The van der Waals surface area contributed by atoms with Crippen LogP contribution in [0.15, 0.2) is 18.3 Å². The lowest BCUT2D eigenvalue weighted by atomic mass is 10.3. The zero-order valence-corrected chi connectivity index (χ0v) is 5.16. The molecular formula is C6H6N3O. The van der Waals surface area contributed by atoms with Crippen LogP contribution in [-0.2, 0) is 0 Å². The van der Waals surface area contributed by atoms with Crippen LogP contribution in [0.1, 0.15) is 10.4 Å². The topological polar surface area (TPSA) is 79.8 Å². The quantitative estimate of drug-likeness (QED) is 0.594. The number of carbonyl (C=O) groups excluding carboxylic acids is 1. The Balaban J connectivity index is 3.00. The first-order valence-corrected chi connectivity index (χ1v) is 2.67. The number of aromatic nitrogens is 1. The Hall–Kier alpha value is -1.58. The molecule has 3 N–H and O–H groups in total. The molecule has 1 radical (unpaired) electrons. The maximum Gasteiger partial charge on any atom is 0.271 e. The van der Waals surface area contributed by atoms with Crippen LogP contribution >= 0.6 is 0 Å². The number of amides is 1. The summed E-state index contributed by atoms with van der Waals surface area (Å²) in [7, 11) is 0. The van der Waals surface area contributed by atoms with Crippen LogP contribution in [0.25, 0.3) is 0 Å². The first-order chi connectivity index (χ1) is 4.70. The minimum absolute atomic E-state index is 0.259. The molecule has 4 heteroatoms. The standard InChI is InChI=1S/C6H6N3O/c7-5-2-1-4(3-9-5)6(8)10/h1-3,8H,(H2,7,9). The van der Waals surface area contributed by atoms with Gasteiger partial charge in [-0.15, -0.1) is 0 Å². The normalized spacial score (nSPS) is 9.20. The Bertz CT molecular complexity index is 242. The van der Waals surface area contributed by atoms with Crippen molar-refractivity contribution in [3.8, 4) is 0 Å². The van der Waals surface area contributed by atoms with Crippen molar-refractivity contribution in [1.82, 2.24) is 10.7 Å². The summed E-state index contributed by atoms with van der Waals surface area (Å²) in [6.45, 7) is 0. The van der Waals surface area contributed by atoms with Crippen molar-refractivity contribution in [2.45, 2.75) is 0 Å². The summed E-state index contributed by atoms with van der Waals surface area (Å²) < 4.78 is 0. The van der Waals surface area contributed by atoms with E-state index in [-0.39, 0.29) is 5.56 Å². The predicted molar refractivity (Wildman–Crippen MR) is 36.1 cm³/mol. The van der Waals surface area contributed by atoms with Crippen molar-refractivity contribution in [1.29, 1.82) is 0 Å². The summed E-state index contributed by atoms with van der Waals surface area (Å²) in [5, 5.41) is 0. The molecule has 0 atom stereocenters. The Morgan fingerprint density at radius 2 is 2.30 bits per heavy atom. The van der Waals surface area contributed by atoms with Crippen molar-refractivity contribution in [3.05, 3.63) is 23.9 Å². The molecule has 4 nitrogen and oxygen atoms in total. The van der Waals surface area contributed by atoms with Gasteiger partial charge in [-0.1, -0.05) is 0 Å². The van der Waals surface area contributed by atoms with Gasteiger partial charge < -0.3 is 5.73 Å². The van der Waals surface area contributed by atoms with E-state index < -0.39 is 5.91 Å². The summed E-state index contributed by atoms with van der Waals surface area (Å²) in [5.41, 5.74) is 12.2. The van der Waals surface area contributed by atoms with E-state index in [2.05, 4.69) is 4.98 Å². The number of hydrogen-bond donors (Lipinski definition) is 1. The number of anilines is 1. The first kappa shape index (κ1) is 6.54. The third-order valence-electron chi connectivity index (χ3n) is 1.05. The molecule has 0 aromatic carbocycles. The van der Waals surface area contributed by atoms with E-state index in [1.807, 2.05) is 0 Å². The van der Waals surface area contributed by atoms with Crippen molar-refractivity contribution >= 4 is 11.7 Å². The van der Waals surface area contributed by atoms with Crippen LogP contribution in [0.2, 0.25) is 0 Å². The number of nitrogen functional groups attached to an aromatic ring is 1. The number of carbonyl (C=O) groups is 1. The van der Waals surface area contributed by atoms with E-state index in [0.29, 0.717) is 5.82 Å². The number of nitrogens with zero attached hydrogens (tertiary/aromatic N) is 1. The molecule has 10 heavy (non-hydrogen) atoms. The highest BCUT2D eigenvalue weighted by Gasteiger charge is 1.98. The largest absolute Gasteiger partial charge is 0.384 e. The SMILES string of the molecule is [NH]C(=O)c1ccc(N)nc1. The van der Waals surface area contributed by atoms with Crippen molar-refractivity contribution in [3.63, 3.8) is 0 Å². The fraction of sp³-hybridized carbons (Fsp3) is 0. The van der Waals surface area contributed by atoms with Gasteiger partial charge in [-0.3, -0.25) is 10.5 Å². The maximum atomic E-state index is 10.3. The smallest absolute Gasteiger partial charge is 0.271 e. The lowest BCUT2D eigenvalue weighted by Crippen LogP contribution is -2.00. The van der Waals surface area contributed by atoms with E-state index in [9.17, 15) is 4.79 Å². The minimum atomic E-state index is -0.743. The number of rotatable bonds is 1. The Morgan fingerprint density at radius 3 is 2.70 bits per heavy atom. The number of pyridine rings is 1. The molecule has 0 aliphatic heterocycles. The molecule has 0 saturated heterocycles. The molecule has 0 spiro atoms. The minimum Gasteiger partial charge on any atom is -0.384 e. The molecule has 1 rings (SSSR count). The zero-order valence-electron chi connectivity index (χ0n) is 5.16. The van der Waals surface area contributed by atoms with Gasteiger partial charge in [0, 0.05) is 6.20 Å². The third-order valence-corrected chi connectivity index (χ3v) is 1.05. The molecule has 1 amide bonds. The van der Waals surface area contributed by atoms with Gasteiger partial charge in [0.2, 0.25) is 0 Å². The van der Waals surface area contributed by atoms with Gasteiger partial charge in [0.1, 0.15) is 5.82 Å². The molecule has 0 fully saturated rings. The van der Waals surface area contributed by atoms with Crippen LogP contribution in [0.3, 0.4) is 0 Å². The molecule has 51 valence electrons. The number of nitrogens with one attached hydrogen (secondary N) is 1. The Kier molecular flexibility index (Phi) is 1.53. The molecule has 0 unspecified atom stereocenters.